The molecule has 2 aromatic carbocycles. The van der Waals surface area contributed by atoms with Gasteiger partial charge in [0.05, 0.1) is 30.2 Å². The SMILES string of the molecule is COC(=O)c1ccc(NC(=O)c2ccc(N3C(=O)[C@@H]4[C@H]5C=C[C@@H]([C@@H]6C[C@H]56)[C@H]4C3=O)cc2)cc1. The highest BCUT2D eigenvalue weighted by Crippen LogP contribution is 2.65. The lowest BCUT2D eigenvalue weighted by Gasteiger charge is -2.37. The largest absolute Gasteiger partial charge is 0.465 e. The number of methoxy groups -OCH3 is 1. The fourth-order valence-electron chi connectivity index (χ4n) is 5.98. The van der Waals surface area contributed by atoms with Crippen LogP contribution in [-0.2, 0) is 14.3 Å². The number of benzene rings is 2. The molecule has 6 atom stereocenters. The van der Waals surface area contributed by atoms with Crippen molar-refractivity contribution in [3.63, 3.8) is 0 Å². The van der Waals surface area contributed by atoms with E-state index >= 15 is 0 Å². The molecule has 3 amide bonds. The predicted molar refractivity (Wildman–Crippen MR) is 119 cm³/mol. The summed E-state index contributed by atoms with van der Waals surface area (Å²) < 4.78 is 4.67. The summed E-state index contributed by atoms with van der Waals surface area (Å²) in [7, 11) is 1.31. The van der Waals surface area contributed by atoms with Crippen LogP contribution in [0.1, 0.15) is 27.1 Å². The number of nitrogens with one attached hydrogen (secondary N) is 1. The summed E-state index contributed by atoms with van der Waals surface area (Å²) in [5.41, 5.74) is 1.83. The number of carbonyl (C=O) groups is 4. The molecule has 2 bridgehead atoms. The van der Waals surface area contributed by atoms with Crippen molar-refractivity contribution in [2.75, 3.05) is 17.3 Å². The van der Waals surface area contributed by atoms with E-state index in [1.807, 2.05) is 0 Å². The topological polar surface area (TPSA) is 92.8 Å². The molecular formula is C26H22N2O5. The second-order valence-corrected chi connectivity index (χ2v) is 9.24. The molecule has 7 rings (SSSR count). The van der Waals surface area contributed by atoms with Crippen LogP contribution in [0.5, 0.6) is 0 Å². The summed E-state index contributed by atoms with van der Waals surface area (Å²) in [6.45, 7) is 0. The molecule has 1 heterocycles. The van der Waals surface area contributed by atoms with Crippen molar-refractivity contribution in [1.29, 1.82) is 0 Å². The molecule has 166 valence electrons. The number of ether oxygens (including phenoxy) is 1. The maximum atomic E-state index is 13.2. The summed E-state index contributed by atoms with van der Waals surface area (Å²) in [6, 6.07) is 12.9. The smallest absolute Gasteiger partial charge is 0.337 e. The summed E-state index contributed by atoms with van der Waals surface area (Å²) in [4.78, 5) is 51.9. The fraction of sp³-hybridized carbons (Fsp3) is 0.308. The zero-order chi connectivity index (χ0) is 22.9. The number of esters is 1. The normalized spacial score (nSPS) is 30.6. The molecule has 7 nitrogen and oxygen atoms in total. The van der Waals surface area contributed by atoms with Gasteiger partial charge in [0.2, 0.25) is 11.8 Å². The first-order valence-electron chi connectivity index (χ1n) is 11.1. The van der Waals surface area contributed by atoms with E-state index in [4.69, 9.17) is 0 Å². The van der Waals surface area contributed by atoms with E-state index in [0.717, 1.165) is 6.42 Å². The van der Waals surface area contributed by atoms with Crippen molar-refractivity contribution in [3.8, 4) is 0 Å². The second-order valence-electron chi connectivity index (χ2n) is 9.24. The van der Waals surface area contributed by atoms with Gasteiger partial charge in [0.25, 0.3) is 5.91 Å². The Balaban J connectivity index is 1.18. The monoisotopic (exact) mass is 442 g/mol. The van der Waals surface area contributed by atoms with Crippen molar-refractivity contribution < 1.29 is 23.9 Å². The highest BCUT2D eigenvalue weighted by molar-refractivity contribution is 6.22. The van der Waals surface area contributed by atoms with Gasteiger partial charge in [-0.25, -0.2) is 4.79 Å². The summed E-state index contributed by atoms with van der Waals surface area (Å²) in [5.74, 6) is -0.00676. The first-order chi connectivity index (χ1) is 16.0. The molecule has 1 saturated heterocycles. The van der Waals surface area contributed by atoms with E-state index < -0.39 is 5.97 Å². The van der Waals surface area contributed by atoms with Gasteiger partial charge >= 0.3 is 5.97 Å². The molecule has 7 heteroatoms. The Kier molecular flexibility index (Phi) is 4.30. The van der Waals surface area contributed by atoms with Gasteiger partial charge in [-0.15, -0.1) is 0 Å². The number of rotatable bonds is 4. The molecule has 4 aliphatic carbocycles. The number of hydrogen-bond donors (Lipinski definition) is 1. The van der Waals surface area contributed by atoms with E-state index in [1.54, 1.807) is 48.5 Å². The number of anilines is 2. The molecule has 2 saturated carbocycles. The number of imide groups is 1. The third-order valence-corrected chi connectivity index (χ3v) is 7.61. The Labute approximate surface area is 190 Å². The lowest BCUT2D eigenvalue weighted by Crippen LogP contribution is -2.40. The van der Waals surface area contributed by atoms with E-state index in [0.29, 0.717) is 34.3 Å². The number of hydrogen-bond acceptors (Lipinski definition) is 5. The molecule has 0 spiro atoms. The van der Waals surface area contributed by atoms with Crippen molar-refractivity contribution in [1.82, 2.24) is 0 Å². The van der Waals surface area contributed by atoms with Crippen LogP contribution in [0.4, 0.5) is 11.4 Å². The minimum atomic E-state index is -0.449. The van der Waals surface area contributed by atoms with Gasteiger partial charge in [0.1, 0.15) is 0 Å². The minimum Gasteiger partial charge on any atom is -0.465 e. The van der Waals surface area contributed by atoms with Gasteiger partial charge in [-0.3, -0.25) is 19.3 Å². The van der Waals surface area contributed by atoms with Crippen LogP contribution in [-0.4, -0.2) is 30.8 Å². The van der Waals surface area contributed by atoms with Crippen LogP contribution in [0, 0.1) is 35.5 Å². The van der Waals surface area contributed by atoms with Gasteiger partial charge in [-0.05, 0) is 78.6 Å². The molecule has 0 radical (unpaired) electrons. The molecule has 5 aliphatic rings. The maximum Gasteiger partial charge on any atom is 0.337 e. The van der Waals surface area contributed by atoms with Crippen molar-refractivity contribution in [3.05, 3.63) is 71.8 Å². The van der Waals surface area contributed by atoms with Crippen molar-refractivity contribution >= 4 is 35.1 Å². The van der Waals surface area contributed by atoms with Gasteiger partial charge in [0.15, 0.2) is 0 Å². The first-order valence-corrected chi connectivity index (χ1v) is 11.1. The summed E-state index contributed by atoms with van der Waals surface area (Å²) >= 11 is 0. The zero-order valence-corrected chi connectivity index (χ0v) is 17.9. The van der Waals surface area contributed by atoms with Gasteiger partial charge in [0, 0.05) is 11.3 Å². The lowest BCUT2D eigenvalue weighted by molar-refractivity contribution is -0.124. The zero-order valence-electron chi connectivity index (χ0n) is 17.9. The quantitative estimate of drug-likeness (QED) is 0.446. The highest BCUT2D eigenvalue weighted by Gasteiger charge is 2.67. The van der Waals surface area contributed by atoms with Crippen molar-refractivity contribution in [2.45, 2.75) is 6.42 Å². The highest BCUT2D eigenvalue weighted by atomic mass is 16.5. The molecule has 1 N–H and O–H groups in total. The standard InChI is InChI=1S/C26H22N2O5/c1-33-26(32)14-2-6-15(7-3-14)27-23(29)13-4-8-16(9-5-13)28-24(30)21-17-10-11-18(20-12-19(17)20)22(21)25(28)31/h2-11,17-22H,12H2,1H3,(H,27,29)/t17-,18-,19-,20+,21+,22+/m0/s1. The van der Waals surface area contributed by atoms with Gasteiger partial charge in [-0.2, -0.15) is 0 Å². The minimum absolute atomic E-state index is 0.113. The molecule has 33 heavy (non-hydrogen) atoms. The van der Waals surface area contributed by atoms with Crippen molar-refractivity contribution in [2.24, 2.45) is 35.5 Å². The average Bonchev–Trinajstić information content (AvgIpc) is 3.62. The maximum absolute atomic E-state index is 13.2. The van der Waals surface area contributed by atoms with Gasteiger partial charge in [-0.1, -0.05) is 12.2 Å². The van der Waals surface area contributed by atoms with Crippen LogP contribution < -0.4 is 10.2 Å². The lowest BCUT2D eigenvalue weighted by atomic mass is 9.63. The molecule has 1 aliphatic heterocycles. The van der Waals surface area contributed by atoms with Crippen LogP contribution in [0.2, 0.25) is 0 Å². The Bertz CT molecular complexity index is 1180. The fourth-order valence-corrected chi connectivity index (χ4v) is 5.98. The van der Waals surface area contributed by atoms with Gasteiger partial charge < -0.3 is 10.1 Å². The molecule has 2 aromatic rings. The van der Waals surface area contributed by atoms with Crippen LogP contribution in [0.15, 0.2) is 60.7 Å². The van der Waals surface area contributed by atoms with Crippen LogP contribution in [0.3, 0.4) is 0 Å². The Morgan fingerprint density at radius 1 is 0.848 bits per heavy atom. The summed E-state index contributed by atoms with van der Waals surface area (Å²) in [6.07, 6.45) is 5.44. The average molecular weight is 442 g/mol. The second kappa shape index (κ2) is 7.13. The Hall–Kier alpha value is -3.74. The van der Waals surface area contributed by atoms with E-state index in [1.165, 1.54) is 12.0 Å². The van der Waals surface area contributed by atoms with E-state index in [2.05, 4.69) is 22.2 Å². The Morgan fingerprint density at radius 3 is 1.94 bits per heavy atom. The third kappa shape index (κ3) is 2.95. The number of amides is 3. The van der Waals surface area contributed by atoms with E-state index in [-0.39, 0.29) is 41.4 Å². The predicted octanol–water partition coefficient (Wildman–Crippen LogP) is 3.28. The molecule has 3 fully saturated rings. The number of allylic oxidation sites excluding steroid dienone is 2. The third-order valence-electron chi connectivity index (χ3n) is 7.61. The Morgan fingerprint density at radius 2 is 1.39 bits per heavy atom. The molecule has 0 aromatic heterocycles. The molecular weight excluding hydrogens is 420 g/mol. The van der Waals surface area contributed by atoms with Crippen LogP contribution in [0.25, 0.3) is 0 Å². The number of carbonyl (C=O) groups excluding carboxylic acids is 4. The molecule has 0 unspecified atom stereocenters. The first kappa shape index (κ1) is 19.9. The summed E-state index contributed by atoms with van der Waals surface area (Å²) in [5, 5.41) is 2.77. The number of nitrogens with zero attached hydrogens (tertiary/aromatic N) is 1. The van der Waals surface area contributed by atoms with Crippen LogP contribution >= 0.6 is 0 Å². The van der Waals surface area contributed by atoms with E-state index in [9.17, 15) is 19.2 Å².